The van der Waals surface area contributed by atoms with Gasteiger partial charge in [-0.2, -0.15) is 0 Å². The van der Waals surface area contributed by atoms with Crippen molar-refractivity contribution in [2.24, 2.45) is 4.99 Å². The van der Waals surface area contributed by atoms with Crippen molar-refractivity contribution in [3.05, 3.63) is 126 Å². The van der Waals surface area contributed by atoms with Crippen LogP contribution in [0.4, 0.5) is 0 Å². The molecule has 6 rings (SSSR count). The number of aryl methyl sites for hydroxylation is 1. The predicted octanol–water partition coefficient (Wildman–Crippen LogP) is 2.69. The molecule has 1 aliphatic heterocycles. The molecule has 178 valence electrons. The summed E-state index contributed by atoms with van der Waals surface area (Å²) >= 11 is 1.34. The molecule has 0 fully saturated rings. The van der Waals surface area contributed by atoms with Gasteiger partial charge < -0.3 is 14.6 Å². The quantitative estimate of drug-likeness (QED) is 0.438. The van der Waals surface area contributed by atoms with E-state index in [4.69, 9.17) is 9.73 Å². The average molecular weight is 494 g/mol. The number of carbonyl (C=O) groups is 1. The van der Waals surface area contributed by atoms with Crippen LogP contribution in [0.2, 0.25) is 0 Å². The maximum Gasteiger partial charge on any atom is 0.271 e. The zero-order valence-electron chi connectivity index (χ0n) is 19.4. The highest BCUT2D eigenvalue weighted by atomic mass is 32.1. The Kier molecular flexibility index (Phi) is 5.42. The van der Waals surface area contributed by atoms with Crippen molar-refractivity contribution in [3.8, 4) is 5.75 Å². The van der Waals surface area contributed by atoms with E-state index >= 15 is 0 Å². The molecule has 36 heavy (non-hydrogen) atoms. The minimum atomic E-state index is -1.23. The van der Waals surface area contributed by atoms with Gasteiger partial charge in [-0.3, -0.25) is 9.36 Å². The van der Waals surface area contributed by atoms with E-state index in [1.54, 1.807) is 29.9 Å². The van der Waals surface area contributed by atoms with Gasteiger partial charge in [-0.05, 0) is 58.9 Å². The van der Waals surface area contributed by atoms with E-state index in [1.807, 2.05) is 36.4 Å². The minimum absolute atomic E-state index is 0.0953. The SMILES string of the molecule is COc1cccc([C@@H]2C3=C(N=c4s/c(=C\c5ccc(C(=O)[O-])cc5)c(=O)n42)c2ccccc2CC3)c1. The van der Waals surface area contributed by atoms with Gasteiger partial charge in [0.25, 0.3) is 5.56 Å². The summed E-state index contributed by atoms with van der Waals surface area (Å²) in [6.07, 6.45) is 3.48. The number of hydrogen-bond donors (Lipinski definition) is 0. The Bertz CT molecular complexity index is 1730. The molecule has 0 saturated carbocycles. The van der Waals surface area contributed by atoms with Gasteiger partial charge >= 0.3 is 0 Å². The topological polar surface area (TPSA) is 83.7 Å². The van der Waals surface area contributed by atoms with Crippen LogP contribution >= 0.6 is 11.3 Å². The smallest absolute Gasteiger partial charge is 0.271 e. The van der Waals surface area contributed by atoms with E-state index in [9.17, 15) is 14.7 Å². The molecule has 0 saturated heterocycles. The number of carboxylic acids is 1. The lowest BCUT2D eigenvalue weighted by atomic mass is 9.83. The van der Waals surface area contributed by atoms with Gasteiger partial charge in [0, 0.05) is 5.56 Å². The number of ether oxygens (including phenoxy) is 1. The lowest BCUT2D eigenvalue weighted by Crippen LogP contribution is -2.38. The van der Waals surface area contributed by atoms with Gasteiger partial charge in [0.15, 0.2) is 4.80 Å². The van der Waals surface area contributed by atoms with Crippen LogP contribution in [-0.2, 0) is 6.42 Å². The Labute approximate surface area is 210 Å². The Balaban J connectivity index is 1.58. The van der Waals surface area contributed by atoms with Crippen LogP contribution in [0.25, 0.3) is 11.8 Å². The van der Waals surface area contributed by atoms with Gasteiger partial charge in [0.1, 0.15) is 5.75 Å². The third kappa shape index (κ3) is 3.69. The standard InChI is InChI=1S/C29H22N2O4S/c1-35-21-7-4-6-20(16-21)26-23-14-13-18-5-2-3-8-22(18)25(23)30-29-31(26)27(32)24(36-29)15-17-9-11-19(12-10-17)28(33)34/h2-12,15-16,26H,13-14H2,1H3,(H,33,34)/p-1/b24-15-/t26-/m1/s1. The number of rotatable bonds is 4. The molecule has 6 nitrogen and oxygen atoms in total. The first-order valence-corrected chi connectivity index (χ1v) is 12.4. The highest BCUT2D eigenvalue weighted by molar-refractivity contribution is 7.07. The molecule has 1 aliphatic carbocycles. The maximum absolute atomic E-state index is 13.8. The number of carbonyl (C=O) groups excluding carboxylic acids is 1. The van der Waals surface area contributed by atoms with Crippen molar-refractivity contribution in [2.75, 3.05) is 7.11 Å². The molecule has 0 radical (unpaired) electrons. The van der Waals surface area contributed by atoms with Crippen molar-refractivity contribution < 1.29 is 14.6 Å². The molecule has 2 heterocycles. The number of allylic oxidation sites excluding steroid dienone is 1. The van der Waals surface area contributed by atoms with E-state index in [1.165, 1.54) is 29.0 Å². The average Bonchev–Trinajstić information content (AvgIpc) is 3.22. The van der Waals surface area contributed by atoms with E-state index in [0.717, 1.165) is 46.6 Å². The largest absolute Gasteiger partial charge is 0.545 e. The second-order valence-corrected chi connectivity index (χ2v) is 9.81. The lowest BCUT2D eigenvalue weighted by Gasteiger charge is -2.31. The first-order valence-electron chi connectivity index (χ1n) is 11.6. The molecule has 0 bridgehead atoms. The normalized spacial score (nSPS) is 16.6. The van der Waals surface area contributed by atoms with Crippen LogP contribution in [0.5, 0.6) is 5.75 Å². The van der Waals surface area contributed by atoms with Gasteiger partial charge in [-0.15, -0.1) is 0 Å². The number of hydrogen-bond acceptors (Lipinski definition) is 6. The molecule has 3 aromatic carbocycles. The van der Waals surface area contributed by atoms with Gasteiger partial charge in [-0.25, -0.2) is 4.99 Å². The first kappa shape index (κ1) is 22.2. The van der Waals surface area contributed by atoms with Gasteiger partial charge in [0.05, 0.1) is 29.4 Å². The molecule has 1 atom stereocenters. The molecule has 7 heteroatoms. The van der Waals surface area contributed by atoms with E-state index in [0.29, 0.717) is 9.33 Å². The molecular formula is C29H21N2O4S-. The van der Waals surface area contributed by atoms with Crippen molar-refractivity contribution in [3.63, 3.8) is 0 Å². The minimum Gasteiger partial charge on any atom is -0.545 e. The zero-order chi connectivity index (χ0) is 24.8. The number of methoxy groups -OCH3 is 1. The zero-order valence-corrected chi connectivity index (χ0v) is 20.2. The summed E-state index contributed by atoms with van der Waals surface area (Å²) in [5.74, 6) is -0.497. The number of benzene rings is 3. The van der Waals surface area contributed by atoms with Gasteiger partial charge in [0.2, 0.25) is 0 Å². The van der Waals surface area contributed by atoms with Crippen molar-refractivity contribution in [2.45, 2.75) is 18.9 Å². The van der Waals surface area contributed by atoms with E-state index in [2.05, 4.69) is 12.1 Å². The Morgan fingerprint density at radius 1 is 1.08 bits per heavy atom. The Morgan fingerprint density at radius 3 is 2.67 bits per heavy atom. The molecular weight excluding hydrogens is 472 g/mol. The van der Waals surface area contributed by atoms with Crippen molar-refractivity contribution in [1.29, 1.82) is 0 Å². The second-order valence-electron chi connectivity index (χ2n) is 8.80. The summed E-state index contributed by atoms with van der Waals surface area (Å²) in [5, 5.41) is 11.1. The summed E-state index contributed by atoms with van der Waals surface area (Å²) in [4.78, 5) is 30.5. The fraction of sp³-hybridized carbons (Fsp3) is 0.138. The van der Waals surface area contributed by atoms with E-state index < -0.39 is 5.97 Å². The summed E-state index contributed by atoms with van der Waals surface area (Å²) in [6.45, 7) is 0. The molecule has 0 N–H and O–H groups in total. The first-order chi connectivity index (χ1) is 17.5. The third-order valence-corrected chi connectivity index (χ3v) is 7.71. The number of aromatic carboxylic acids is 1. The Morgan fingerprint density at radius 2 is 1.89 bits per heavy atom. The number of carboxylic acid groups (broad SMARTS) is 1. The number of thiazole rings is 1. The van der Waals surface area contributed by atoms with Crippen LogP contribution in [0.15, 0.2) is 88.2 Å². The lowest BCUT2D eigenvalue weighted by molar-refractivity contribution is -0.255. The molecule has 4 aromatic rings. The van der Waals surface area contributed by atoms with Crippen molar-refractivity contribution in [1.82, 2.24) is 4.57 Å². The monoisotopic (exact) mass is 493 g/mol. The molecule has 0 spiro atoms. The Hall–Kier alpha value is -4.23. The fourth-order valence-electron chi connectivity index (χ4n) is 5.00. The van der Waals surface area contributed by atoms with Crippen LogP contribution in [0, 0.1) is 0 Å². The third-order valence-electron chi connectivity index (χ3n) is 6.73. The summed E-state index contributed by atoms with van der Waals surface area (Å²) in [6, 6.07) is 22.2. The molecule has 1 aromatic heterocycles. The highest BCUT2D eigenvalue weighted by Gasteiger charge is 2.32. The maximum atomic E-state index is 13.8. The molecule has 0 amide bonds. The van der Waals surface area contributed by atoms with Crippen LogP contribution < -0.4 is 24.7 Å². The van der Waals surface area contributed by atoms with Crippen LogP contribution in [0.1, 0.15) is 45.1 Å². The molecule has 0 unspecified atom stereocenters. The van der Waals surface area contributed by atoms with Gasteiger partial charge in [-0.1, -0.05) is 72.0 Å². The summed E-state index contributed by atoms with van der Waals surface area (Å²) < 4.78 is 7.81. The van der Waals surface area contributed by atoms with E-state index in [-0.39, 0.29) is 17.2 Å². The van der Waals surface area contributed by atoms with Crippen LogP contribution in [-0.4, -0.2) is 17.6 Å². The highest BCUT2D eigenvalue weighted by Crippen LogP contribution is 2.41. The second kappa shape index (κ2) is 8.77. The number of aromatic nitrogens is 1. The summed E-state index contributed by atoms with van der Waals surface area (Å²) in [5.41, 5.74) is 6.12. The predicted molar refractivity (Wildman–Crippen MR) is 137 cm³/mol. The number of nitrogens with zero attached hydrogens (tertiary/aromatic N) is 2. The number of fused-ring (bicyclic) bond motifs is 3. The molecule has 2 aliphatic rings. The van der Waals surface area contributed by atoms with Crippen LogP contribution in [0.3, 0.4) is 0 Å². The van der Waals surface area contributed by atoms with Crippen molar-refractivity contribution >= 4 is 29.1 Å². The fourth-order valence-corrected chi connectivity index (χ4v) is 6.00. The summed E-state index contributed by atoms with van der Waals surface area (Å²) in [7, 11) is 1.64.